The monoisotopic (exact) mass is 249 g/mol. The fraction of sp³-hybridized carbons (Fsp3) is 0.462. The quantitative estimate of drug-likeness (QED) is 0.691. The van der Waals surface area contributed by atoms with Crippen LogP contribution in [0.5, 0.6) is 5.75 Å². The van der Waals surface area contributed by atoms with Crippen molar-refractivity contribution in [2.75, 3.05) is 30.3 Å². The number of carbonyl (C=O) groups excluding carboxylic acids is 1. The van der Waals surface area contributed by atoms with Crippen molar-refractivity contribution in [3.05, 3.63) is 18.2 Å². The summed E-state index contributed by atoms with van der Waals surface area (Å²) in [5.74, 6) is 0.613. The van der Waals surface area contributed by atoms with Gasteiger partial charge in [-0.1, -0.05) is 13.8 Å². The SMILES string of the molecule is CC(C)NCCNc1ccc2c(c1)NC(=O)CO2. The molecule has 3 N–H and O–H groups in total. The molecule has 2 rings (SSSR count). The summed E-state index contributed by atoms with van der Waals surface area (Å²) in [6.07, 6.45) is 0. The molecule has 1 aliphatic rings. The minimum Gasteiger partial charge on any atom is -0.482 e. The molecule has 0 saturated carbocycles. The summed E-state index contributed by atoms with van der Waals surface area (Å²) in [7, 11) is 0. The first kappa shape index (κ1) is 12.7. The molecule has 0 unspecified atom stereocenters. The highest BCUT2D eigenvalue weighted by atomic mass is 16.5. The summed E-state index contributed by atoms with van der Waals surface area (Å²) in [6.45, 7) is 6.07. The van der Waals surface area contributed by atoms with E-state index in [9.17, 15) is 4.79 Å². The maximum absolute atomic E-state index is 11.2. The molecular formula is C13H19N3O2. The Bertz CT molecular complexity index is 432. The average Bonchev–Trinajstić information content (AvgIpc) is 2.34. The Morgan fingerprint density at radius 3 is 3.00 bits per heavy atom. The van der Waals surface area contributed by atoms with Crippen LogP contribution in [-0.2, 0) is 4.79 Å². The minimum atomic E-state index is -0.110. The Kier molecular flexibility index (Phi) is 4.04. The second kappa shape index (κ2) is 5.73. The van der Waals surface area contributed by atoms with Gasteiger partial charge in [-0.15, -0.1) is 0 Å². The van der Waals surface area contributed by atoms with E-state index in [4.69, 9.17) is 4.74 Å². The molecule has 0 spiro atoms. The van der Waals surface area contributed by atoms with E-state index in [0.29, 0.717) is 6.04 Å². The number of carbonyl (C=O) groups is 1. The molecule has 5 heteroatoms. The Morgan fingerprint density at radius 2 is 2.22 bits per heavy atom. The number of amides is 1. The van der Waals surface area contributed by atoms with Gasteiger partial charge in [0.25, 0.3) is 5.91 Å². The Hall–Kier alpha value is -1.75. The van der Waals surface area contributed by atoms with Crippen molar-refractivity contribution in [3.63, 3.8) is 0 Å². The maximum atomic E-state index is 11.2. The van der Waals surface area contributed by atoms with Crippen molar-refractivity contribution in [1.29, 1.82) is 0 Å². The van der Waals surface area contributed by atoms with Crippen LogP contribution in [0.15, 0.2) is 18.2 Å². The third kappa shape index (κ3) is 3.37. The van der Waals surface area contributed by atoms with Gasteiger partial charge in [-0.05, 0) is 18.2 Å². The highest BCUT2D eigenvalue weighted by Gasteiger charge is 2.15. The van der Waals surface area contributed by atoms with Crippen LogP contribution >= 0.6 is 0 Å². The first-order valence-corrected chi connectivity index (χ1v) is 6.19. The third-order valence-electron chi connectivity index (χ3n) is 2.62. The second-order valence-electron chi connectivity index (χ2n) is 4.58. The molecule has 0 aliphatic carbocycles. The lowest BCUT2D eigenvalue weighted by Gasteiger charge is -2.19. The van der Waals surface area contributed by atoms with Crippen LogP contribution < -0.4 is 20.7 Å². The van der Waals surface area contributed by atoms with Crippen LogP contribution in [0.1, 0.15) is 13.8 Å². The van der Waals surface area contributed by atoms with E-state index < -0.39 is 0 Å². The molecular weight excluding hydrogens is 230 g/mol. The molecule has 0 bridgehead atoms. The lowest BCUT2D eigenvalue weighted by Crippen LogP contribution is -2.28. The lowest BCUT2D eigenvalue weighted by molar-refractivity contribution is -0.118. The predicted octanol–water partition coefficient (Wildman–Crippen LogP) is 1.43. The van der Waals surface area contributed by atoms with Gasteiger partial charge in [0.15, 0.2) is 6.61 Å². The van der Waals surface area contributed by atoms with Gasteiger partial charge in [0.1, 0.15) is 5.75 Å². The molecule has 1 amide bonds. The number of fused-ring (bicyclic) bond motifs is 1. The van der Waals surface area contributed by atoms with E-state index in [0.717, 1.165) is 30.2 Å². The van der Waals surface area contributed by atoms with Crippen molar-refractivity contribution in [3.8, 4) is 5.75 Å². The lowest BCUT2D eigenvalue weighted by atomic mass is 10.2. The van der Waals surface area contributed by atoms with E-state index >= 15 is 0 Å². The van der Waals surface area contributed by atoms with Crippen molar-refractivity contribution in [1.82, 2.24) is 5.32 Å². The van der Waals surface area contributed by atoms with Gasteiger partial charge in [-0.2, -0.15) is 0 Å². The van der Waals surface area contributed by atoms with Crippen LogP contribution in [0, 0.1) is 0 Å². The molecule has 1 aromatic carbocycles. The molecule has 0 fully saturated rings. The zero-order valence-corrected chi connectivity index (χ0v) is 10.7. The zero-order valence-electron chi connectivity index (χ0n) is 10.7. The third-order valence-corrected chi connectivity index (χ3v) is 2.62. The molecule has 5 nitrogen and oxygen atoms in total. The fourth-order valence-electron chi connectivity index (χ4n) is 1.76. The number of ether oxygens (including phenoxy) is 1. The summed E-state index contributed by atoms with van der Waals surface area (Å²) >= 11 is 0. The molecule has 1 aromatic rings. The molecule has 1 aliphatic heterocycles. The second-order valence-corrected chi connectivity index (χ2v) is 4.58. The van der Waals surface area contributed by atoms with Crippen LogP contribution in [0.25, 0.3) is 0 Å². The van der Waals surface area contributed by atoms with Gasteiger partial charge in [0.2, 0.25) is 0 Å². The van der Waals surface area contributed by atoms with Gasteiger partial charge >= 0.3 is 0 Å². The van der Waals surface area contributed by atoms with Crippen LogP contribution in [0.4, 0.5) is 11.4 Å². The van der Waals surface area contributed by atoms with E-state index in [1.165, 1.54) is 0 Å². The Labute approximate surface area is 107 Å². The summed E-state index contributed by atoms with van der Waals surface area (Å²) in [6, 6.07) is 6.20. The van der Waals surface area contributed by atoms with Crippen LogP contribution in [0.2, 0.25) is 0 Å². The summed E-state index contributed by atoms with van der Waals surface area (Å²) in [4.78, 5) is 11.2. The van der Waals surface area contributed by atoms with Gasteiger partial charge in [-0.3, -0.25) is 4.79 Å². The first-order valence-electron chi connectivity index (χ1n) is 6.19. The number of hydrogen-bond acceptors (Lipinski definition) is 4. The molecule has 18 heavy (non-hydrogen) atoms. The average molecular weight is 249 g/mol. The van der Waals surface area contributed by atoms with E-state index in [2.05, 4.69) is 29.8 Å². The first-order chi connectivity index (χ1) is 8.65. The van der Waals surface area contributed by atoms with Gasteiger partial charge in [0.05, 0.1) is 5.69 Å². The van der Waals surface area contributed by atoms with Crippen molar-refractivity contribution < 1.29 is 9.53 Å². The molecule has 0 aromatic heterocycles. The standard InChI is InChI=1S/C13H19N3O2/c1-9(2)14-5-6-15-10-3-4-12-11(7-10)16-13(17)8-18-12/h3-4,7,9,14-15H,5-6,8H2,1-2H3,(H,16,17). The van der Waals surface area contributed by atoms with E-state index in [-0.39, 0.29) is 12.5 Å². The number of nitrogens with one attached hydrogen (secondary N) is 3. The van der Waals surface area contributed by atoms with Crippen molar-refractivity contribution >= 4 is 17.3 Å². The fourth-order valence-corrected chi connectivity index (χ4v) is 1.76. The topological polar surface area (TPSA) is 62.4 Å². The van der Waals surface area contributed by atoms with Gasteiger partial charge in [0, 0.05) is 24.8 Å². The Balaban J connectivity index is 1.90. The number of rotatable bonds is 5. The molecule has 98 valence electrons. The Morgan fingerprint density at radius 1 is 1.39 bits per heavy atom. The number of hydrogen-bond donors (Lipinski definition) is 3. The predicted molar refractivity (Wildman–Crippen MR) is 72.2 cm³/mol. The van der Waals surface area contributed by atoms with Gasteiger partial charge < -0.3 is 20.7 Å². The van der Waals surface area contributed by atoms with Crippen LogP contribution in [0.3, 0.4) is 0 Å². The largest absolute Gasteiger partial charge is 0.482 e. The molecule has 0 saturated heterocycles. The highest BCUT2D eigenvalue weighted by Crippen LogP contribution is 2.30. The van der Waals surface area contributed by atoms with Gasteiger partial charge in [-0.25, -0.2) is 0 Å². The number of anilines is 2. The molecule has 0 radical (unpaired) electrons. The number of benzene rings is 1. The zero-order chi connectivity index (χ0) is 13.0. The molecule has 0 atom stereocenters. The smallest absolute Gasteiger partial charge is 0.262 e. The van der Waals surface area contributed by atoms with E-state index in [1.807, 2.05) is 18.2 Å². The van der Waals surface area contributed by atoms with Crippen molar-refractivity contribution in [2.45, 2.75) is 19.9 Å². The molecule has 1 heterocycles. The minimum absolute atomic E-state index is 0.0953. The van der Waals surface area contributed by atoms with E-state index in [1.54, 1.807) is 0 Å². The summed E-state index contributed by atoms with van der Waals surface area (Å²) in [5, 5.41) is 9.41. The summed E-state index contributed by atoms with van der Waals surface area (Å²) in [5.41, 5.74) is 1.71. The summed E-state index contributed by atoms with van der Waals surface area (Å²) < 4.78 is 5.30. The maximum Gasteiger partial charge on any atom is 0.262 e. The normalized spacial score (nSPS) is 13.8. The van der Waals surface area contributed by atoms with Crippen molar-refractivity contribution in [2.24, 2.45) is 0 Å². The highest BCUT2D eigenvalue weighted by molar-refractivity contribution is 5.95. The van der Waals surface area contributed by atoms with Crippen LogP contribution in [-0.4, -0.2) is 31.6 Å².